The molecule has 1 N–H and O–H groups in total. The van der Waals surface area contributed by atoms with Crippen LogP contribution < -0.4 is 10.9 Å². The third kappa shape index (κ3) is 3.84. The third-order valence-electron chi connectivity index (χ3n) is 5.00. The van der Waals surface area contributed by atoms with Crippen LogP contribution in [0, 0.1) is 6.92 Å². The lowest BCUT2D eigenvalue weighted by Crippen LogP contribution is -2.36. The van der Waals surface area contributed by atoms with Gasteiger partial charge in [0.15, 0.2) is 0 Å². The van der Waals surface area contributed by atoms with Crippen molar-refractivity contribution in [1.29, 1.82) is 0 Å². The normalized spacial score (nSPS) is 12.1. The maximum Gasteiger partial charge on any atom is 0.263 e. The van der Waals surface area contributed by atoms with Crippen molar-refractivity contribution in [2.24, 2.45) is 0 Å². The predicted octanol–water partition coefficient (Wildman–Crippen LogP) is 2.52. The van der Waals surface area contributed by atoms with Crippen LogP contribution in [-0.2, 0) is 6.54 Å². The number of imidazole rings is 1. The third-order valence-corrected chi connectivity index (χ3v) is 5.00. The fourth-order valence-electron chi connectivity index (χ4n) is 3.39. The number of hydrogen-bond acceptors (Lipinski definition) is 5. The van der Waals surface area contributed by atoms with Gasteiger partial charge in [-0.3, -0.25) is 19.0 Å². The standard InChI is InChI=1S/C22H22N6O2/c1-3-17(18-14-28-10-5-9-24-22(28)26-18)25-20(29)19-15(2)7-11-27(21(19)30)13-16-6-4-8-23-12-16/h4-12,14,17H,3,13H2,1-2H3,(H,25,29). The van der Waals surface area contributed by atoms with Crippen molar-refractivity contribution in [3.05, 3.63) is 94.2 Å². The summed E-state index contributed by atoms with van der Waals surface area (Å²) in [7, 11) is 0. The summed E-state index contributed by atoms with van der Waals surface area (Å²) < 4.78 is 3.33. The lowest BCUT2D eigenvalue weighted by atomic mass is 10.1. The van der Waals surface area contributed by atoms with Crippen LogP contribution in [0.1, 0.15) is 46.6 Å². The van der Waals surface area contributed by atoms with E-state index in [4.69, 9.17) is 0 Å². The first-order valence-corrected chi connectivity index (χ1v) is 9.76. The van der Waals surface area contributed by atoms with Gasteiger partial charge in [0.25, 0.3) is 11.5 Å². The molecule has 0 radical (unpaired) electrons. The minimum Gasteiger partial charge on any atom is -0.343 e. The Morgan fingerprint density at radius 3 is 2.80 bits per heavy atom. The zero-order valence-corrected chi connectivity index (χ0v) is 16.8. The Bertz CT molecular complexity index is 1210. The maximum absolute atomic E-state index is 13.1. The number of hydrogen-bond donors (Lipinski definition) is 1. The van der Waals surface area contributed by atoms with Crippen molar-refractivity contribution in [3.63, 3.8) is 0 Å². The number of nitrogens with one attached hydrogen (secondary N) is 1. The second kappa shape index (κ2) is 8.28. The van der Waals surface area contributed by atoms with E-state index in [1.165, 1.54) is 4.57 Å². The summed E-state index contributed by atoms with van der Waals surface area (Å²) in [6.45, 7) is 4.07. The molecule has 0 saturated carbocycles. The number of fused-ring (bicyclic) bond motifs is 1. The van der Waals surface area contributed by atoms with Gasteiger partial charge in [0.2, 0.25) is 5.78 Å². The molecule has 0 fully saturated rings. The molecule has 152 valence electrons. The van der Waals surface area contributed by atoms with Crippen molar-refractivity contribution in [2.75, 3.05) is 0 Å². The lowest BCUT2D eigenvalue weighted by Gasteiger charge is -2.16. The fraction of sp³-hybridized carbons (Fsp3) is 0.227. The topological polar surface area (TPSA) is 94.2 Å². The molecular weight excluding hydrogens is 380 g/mol. The minimum atomic E-state index is -0.407. The molecule has 0 aromatic carbocycles. The second-order valence-electron chi connectivity index (χ2n) is 7.10. The average Bonchev–Trinajstić information content (AvgIpc) is 3.19. The van der Waals surface area contributed by atoms with E-state index in [9.17, 15) is 9.59 Å². The number of nitrogens with zero attached hydrogens (tertiary/aromatic N) is 5. The monoisotopic (exact) mass is 402 g/mol. The molecular formula is C22H22N6O2. The van der Waals surface area contributed by atoms with Crippen LogP contribution in [0.25, 0.3) is 5.78 Å². The van der Waals surface area contributed by atoms with E-state index in [-0.39, 0.29) is 17.2 Å². The van der Waals surface area contributed by atoms with Gasteiger partial charge in [-0.05, 0) is 42.7 Å². The lowest BCUT2D eigenvalue weighted by molar-refractivity contribution is 0.0932. The van der Waals surface area contributed by atoms with Crippen LogP contribution in [0.4, 0.5) is 0 Å². The molecule has 1 amide bonds. The fourth-order valence-corrected chi connectivity index (χ4v) is 3.39. The molecule has 4 aromatic heterocycles. The Morgan fingerprint density at radius 2 is 2.07 bits per heavy atom. The number of aryl methyl sites for hydroxylation is 1. The summed E-state index contributed by atoms with van der Waals surface area (Å²) >= 11 is 0. The quantitative estimate of drug-likeness (QED) is 0.535. The van der Waals surface area contributed by atoms with Crippen LogP contribution in [-0.4, -0.2) is 29.8 Å². The number of amides is 1. The van der Waals surface area contributed by atoms with Gasteiger partial charge < -0.3 is 9.88 Å². The molecule has 0 aliphatic heterocycles. The number of aromatic nitrogens is 5. The van der Waals surface area contributed by atoms with Gasteiger partial charge in [-0.2, -0.15) is 0 Å². The zero-order chi connectivity index (χ0) is 21.1. The van der Waals surface area contributed by atoms with Crippen LogP contribution >= 0.6 is 0 Å². The van der Waals surface area contributed by atoms with Gasteiger partial charge in [-0.1, -0.05) is 13.0 Å². The van der Waals surface area contributed by atoms with Gasteiger partial charge in [-0.15, -0.1) is 0 Å². The molecule has 4 rings (SSSR count). The molecule has 1 unspecified atom stereocenters. The van der Waals surface area contributed by atoms with Crippen molar-refractivity contribution in [1.82, 2.24) is 29.2 Å². The molecule has 0 aliphatic rings. The largest absolute Gasteiger partial charge is 0.343 e. The Morgan fingerprint density at radius 1 is 1.20 bits per heavy atom. The molecule has 4 heterocycles. The summed E-state index contributed by atoms with van der Waals surface area (Å²) in [6, 6.07) is 6.98. The van der Waals surface area contributed by atoms with Crippen LogP contribution in [0.15, 0.2) is 66.2 Å². The van der Waals surface area contributed by atoms with Crippen molar-refractivity contribution < 1.29 is 4.79 Å². The van der Waals surface area contributed by atoms with E-state index in [1.807, 2.05) is 37.5 Å². The Balaban J connectivity index is 1.61. The smallest absolute Gasteiger partial charge is 0.263 e. The first-order chi connectivity index (χ1) is 14.6. The summed E-state index contributed by atoms with van der Waals surface area (Å²) in [5.74, 6) is 0.157. The van der Waals surface area contributed by atoms with Gasteiger partial charge in [-0.25, -0.2) is 9.97 Å². The van der Waals surface area contributed by atoms with Crippen LogP contribution in [0.3, 0.4) is 0 Å². The maximum atomic E-state index is 13.1. The first-order valence-electron chi connectivity index (χ1n) is 9.76. The molecule has 8 nitrogen and oxygen atoms in total. The highest BCUT2D eigenvalue weighted by molar-refractivity contribution is 5.95. The predicted molar refractivity (Wildman–Crippen MR) is 112 cm³/mol. The molecule has 30 heavy (non-hydrogen) atoms. The highest BCUT2D eigenvalue weighted by Crippen LogP contribution is 2.17. The second-order valence-corrected chi connectivity index (χ2v) is 7.10. The van der Waals surface area contributed by atoms with Gasteiger partial charge in [0.1, 0.15) is 5.56 Å². The Hall–Kier alpha value is -3.81. The highest BCUT2D eigenvalue weighted by atomic mass is 16.2. The molecule has 0 bridgehead atoms. The summed E-state index contributed by atoms with van der Waals surface area (Å²) in [5.41, 5.74) is 2.03. The summed E-state index contributed by atoms with van der Waals surface area (Å²) in [6.07, 6.45) is 11.1. The molecule has 0 aliphatic carbocycles. The van der Waals surface area contributed by atoms with Crippen molar-refractivity contribution in [2.45, 2.75) is 32.9 Å². The van der Waals surface area contributed by atoms with E-state index in [0.29, 0.717) is 30.0 Å². The number of carbonyl (C=O) groups excluding carboxylic acids is 1. The first kappa shape index (κ1) is 19.5. The van der Waals surface area contributed by atoms with Gasteiger partial charge >= 0.3 is 0 Å². The number of pyridine rings is 2. The molecule has 1 atom stereocenters. The SMILES string of the molecule is CCC(NC(=O)c1c(C)ccn(Cc2cccnc2)c1=O)c1cn2cccnc2n1. The number of rotatable bonds is 6. The Kier molecular flexibility index (Phi) is 5.38. The van der Waals surface area contributed by atoms with Crippen molar-refractivity contribution in [3.8, 4) is 0 Å². The molecule has 0 spiro atoms. The number of carbonyl (C=O) groups is 1. The molecule has 4 aromatic rings. The van der Waals surface area contributed by atoms with Crippen LogP contribution in [0.5, 0.6) is 0 Å². The van der Waals surface area contributed by atoms with E-state index >= 15 is 0 Å². The highest BCUT2D eigenvalue weighted by Gasteiger charge is 2.21. The van der Waals surface area contributed by atoms with E-state index in [1.54, 1.807) is 42.2 Å². The van der Waals surface area contributed by atoms with Gasteiger partial charge in [0, 0.05) is 37.2 Å². The van der Waals surface area contributed by atoms with Gasteiger partial charge in [0.05, 0.1) is 18.3 Å². The molecule has 0 saturated heterocycles. The summed E-state index contributed by atoms with van der Waals surface area (Å²) in [5, 5.41) is 2.96. The van der Waals surface area contributed by atoms with E-state index in [2.05, 4.69) is 20.3 Å². The zero-order valence-electron chi connectivity index (χ0n) is 16.8. The van der Waals surface area contributed by atoms with Crippen molar-refractivity contribution >= 4 is 11.7 Å². The average molecular weight is 402 g/mol. The minimum absolute atomic E-state index is 0.140. The molecule has 8 heteroatoms. The Labute approximate surface area is 173 Å². The van der Waals surface area contributed by atoms with E-state index < -0.39 is 5.91 Å². The van der Waals surface area contributed by atoms with Crippen LogP contribution in [0.2, 0.25) is 0 Å². The van der Waals surface area contributed by atoms with E-state index in [0.717, 1.165) is 5.56 Å². The summed E-state index contributed by atoms with van der Waals surface area (Å²) in [4.78, 5) is 38.9.